The molecule has 0 aromatic rings. The third-order valence-corrected chi connectivity index (χ3v) is 2.69. The molecular weight excluding hydrogens is 180 g/mol. The molecule has 3 N–H and O–H groups in total. The van der Waals surface area contributed by atoms with Gasteiger partial charge in [0.1, 0.15) is 0 Å². The molecule has 0 aromatic carbocycles. The molecule has 4 nitrogen and oxygen atoms in total. The predicted octanol–water partition coefficient (Wildman–Crippen LogP) is -0.271. The number of nitrogens with one attached hydrogen (secondary N) is 2. The van der Waals surface area contributed by atoms with Crippen LogP contribution in [-0.2, 0) is 4.79 Å². The lowest BCUT2D eigenvalue weighted by molar-refractivity contribution is -0.123. The molecule has 0 aliphatic carbocycles. The number of aliphatic hydroxyl groups is 1. The normalized spacial score (nSPS) is 19.1. The number of aliphatic hydroxyl groups excluding tert-OH is 1. The molecule has 1 saturated heterocycles. The van der Waals surface area contributed by atoms with Crippen molar-refractivity contribution < 1.29 is 9.90 Å². The number of hydrogen-bond acceptors (Lipinski definition) is 3. The molecule has 1 amide bonds. The fraction of sp³-hybridized carbons (Fsp3) is 0.900. The van der Waals surface area contributed by atoms with Crippen molar-refractivity contribution in [3.63, 3.8) is 0 Å². The SMILES string of the molecule is CC(C)[C@@H](CO)NC(=O)CC1CNC1. The fourth-order valence-corrected chi connectivity index (χ4v) is 1.44. The van der Waals surface area contributed by atoms with Crippen LogP contribution in [0.3, 0.4) is 0 Å². The van der Waals surface area contributed by atoms with Crippen LogP contribution >= 0.6 is 0 Å². The average Bonchev–Trinajstić information content (AvgIpc) is 2.07. The molecular formula is C10H20N2O2. The minimum absolute atomic E-state index is 0.0202. The number of amides is 1. The Labute approximate surface area is 85.1 Å². The first-order chi connectivity index (χ1) is 6.63. The lowest BCUT2D eigenvalue weighted by Crippen LogP contribution is -2.47. The molecule has 82 valence electrons. The van der Waals surface area contributed by atoms with E-state index in [1.807, 2.05) is 13.8 Å². The first-order valence-electron chi connectivity index (χ1n) is 5.24. The van der Waals surface area contributed by atoms with E-state index in [-0.39, 0.29) is 24.5 Å². The van der Waals surface area contributed by atoms with Crippen molar-refractivity contribution in [1.82, 2.24) is 10.6 Å². The quantitative estimate of drug-likeness (QED) is 0.572. The molecule has 0 spiro atoms. The van der Waals surface area contributed by atoms with E-state index < -0.39 is 0 Å². The van der Waals surface area contributed by atoms with E-state index in [1.165, 1.54) is 0 Å². The number of carbonyl (C=O) groups excluding carboxylic acids is 1. The zero-order chi connectivity index (χ0) is 10.6. The lowest BCUT2D eigenvalue weighted by Gasteiger charge is -2.28. The Balaban J connectivity index is 2.23. The van der Waals surface area contributed by atoms with Gasteiger partial charge in [0.25, 0.3) is 0 Å². The molecule has 0 bridgehead atoms. The highest BCUT2D eigenvalue weighted by atomic mass is 16.3. The summed E-state index contributed by atoms with van der Waals surface area (Å²) in [5.41, 5.74) is 0. The zero-order valence-electron chi connectivity index (χ0n) is 8.92. The van der Waals surface area contributed by atoms with Crippen LogP contribution in [0.15, 0.2) is 0 Å². The number of carbonyl (C=O) groups is 1. The van der Waals surface area contributed by atoms with E-state index in [9.17, 15) is 4.79 Å². The van der Waals surface area contributed by atoms with Crippen molar-refractivity contribution in [2.24, 2.45) is 11.8 Å². The van der Waals surface area contributed by atoms with Crippen LogP contribution in [0.2, 0.25) is 0 Å². The summed E-state index contributed by atoms with van der Waals surface area (Å²) in [4.78, 5) is 11.5. The Morgan fingerprint density at radius 1 is 1.57 bits per heavy atom. The second-order valence-electron chi connectivity index (χ2n) is 4.33. The van der Waals surface area contributed by atoms with Gasteiger partial charge >= 0.3 is 0 Å². The van der Waals surface area contributed by atoms with Crippen LogP contribution in [0.1, 0.15) is 20.3 Å². The molecule has 1 atom stereocenters. The zero-order valence-corrected chi connectivity index (χ0v) is 8.92. The Morgan fingerprint density at radius 3 is 2.57 bits per heavy atom. The molecule has 14 heavy (non-hydrogen) atoms. The Bertz CT molecular complexity index is 191. The Morgan fingerprint density at radius 2 is 2.21 bits per heavy atom. The molecule has 1 aliphatic rings. The minimum atomic E-state index is -0.101. The highest BCUT2D eigenvalue weighted by Crippen LogP contribution is 2.09. The van der Waals surface area contributed by atoms with Gasteiger partial charge in [-0.1, -0.05) is 13.8 Å². The van der Waals surface area contributed by atoms with Gasteiger partial charge in [0.05, 0.1) is 12.6 Å². The van der Waals surface area contributed by atoms with Crippen LogP contribution in [-0.4, -0.2) is 36.8 Å². The molecule has 0 aromatic heterocycles. The molecule has 1 heterocycles. The van der Waals surface area contributed by atoms with Crippen LogP contribution < -0.4 is 10.6 Å². The smallest absolute Gasteiger partial charge is 0.220 e. The largest absolute Gasteiger partial charge is 0.394 e. The summed E-state index contributed by atoms with van der Waals surface area (Å²) in [7, 11) is 0. The summed E-state index contributed by atoms with van der Waals surface area (Å²) in [5.74, 6) is 0.828. The van der Waals surface area contributed by atoms with Crippen LogP contribution in [0.5, 0.6) is 0 Å². The third-order valence-electron chi connectivity index (χ3n) is 2.69. The van der Waals surface area contributed by atoms with Gasteiger partial charge in [-0.15, -0.1) is 0 Å². The van der Waals surface area contributed by atoms with Crippen molar-refractivity contribution in [2.75, 3.05) is 19.7 Å². The summed E-state index contributed by atoms with van der Waals surface area (Å²) in [6.07, 6.45) is 0.580. The molecule has 1 aliphatic heterocycles. The first-order valence-corrected chi connectivity index (χ1v) is 5.24. The predicted molar refractivity (Wildman–Crippen MR) is 54.8 cm³/mol. The Hall–Kier alpha value is -0.610. The topological polar surface area (TPSA) is 61.4 Å². The maximum absolute atomic E-state index is 11.5. The summed E-state index contributed by atoms with van der Waals surface area (Å²) in [6.45, 7) is 5.89. The summed E-state index contributed by atoms with van der Waals surface area (Å²) < 4.78 is 0. The van der Waals surface area contributed by atoms with E-state index in [0.29, 0.717) is 12.3 Å². The second kappa shape index (κ2) is 5.32. The maximum Gasteiger partial charge on any atom is 0.220 e. The van der Waals surface area contributed by atoms with Crippen molar-refractivity contribution in [3.8, 4) is 0 Å². The van der Waals surface area contributed by atoms with Gasteiger partial charge in [0.2, 0.25) is 5.91 Å². The number of rotatable bonds is 5. The van der Waals surface area contributed by atoms with E-state index >= 15 is 0 Å². The first kappa shape index (κ1) is 11.5. The van der Waals surface area contributed by atoms with Crippen molar-refractivity contribution in [1.29, 1.82) is 0 Å². The summed E-state index contributed by atoms with van der Waals surface area (Å²) in [5, 5.41) is 15.0. The highest BCUT2D eigenvalue weighted by molar-refractivity contribution is 5.76. The monoisotopic (exact) mass is 200 g/mol. The van der Waals surface area contributed by atoms with E-state index in [2.05, 4.69) is 10.6 Å². The Kier molecular flexibility index (Phi) is 4.35. The molecule has 4 heteroatoms. The maximum atomic E-state index is 11.5. The summed E-state index contributed by atoms with van der Waals surface area (Å²) in [6, 6.07) is -0.101. The molecule has 0 saturated carbocycles. The van der Waals surface area contributed by atoms with Crippen molar-refractivity contribution in [2.45, 2.75) is 26.3 Å². The van der Waals surface area contributed by atoms with E-state index in [0.717, 1.165) is 13.1 Å². The van der Waals surface area contributed by atoms with Crippen LogP contribution in [0, 0.1) is 11.8 Å². The highest BCUT2D eigenvalue weighted by Gasteiger charge is 2.22. The lowest BCUT2D eigenvalue weighted by atomic mass is 9.98. The van der Waals surface area contributed by atoms with Crippen LogP contribution in [0.4, 0.5) is 0 Å². The van der Waals surface area contributed by atoms with Gasteiger partial charge < -0.3 is 15.7 Å². The fourth-order valence-electron chi connectivity index (χ4n) is 1.44. The third kappa shape index (κ3) is 3.27. The van der Waals surface area contributed by atoms with Crippen LogP contribution in [0.25, 0.3) is 0 Å². The van der Waals surface area contributed by atoms with Crippen molar-refractivity contribution in [3.05, 3.63) is 0 Å². The summed E-state index contributed by atoms with van der Waals surface area (Å²) >= 11 is 0. The standard InChI is InChI=1S/C10H20N2O2/c1-7(2)9(6-13)12-10(14)3-8-4-11-5-8/h7-9,11,13H,3-6H2,1-2H3,(H,12,14)/t9-/m1/s1. The van der Waals surface area contributed by atoms with Gasteiger partial charge in [-0.25, -0.2) is 0 Å². The van der Waals surface area contributed by atoms with Gasteiger partial charge in [-0.2, -0.15) is 0 Å². The van der Waals surface area contributed by atoms with Crippen molar-refractivity contribution >= 4 is 5.91 Å². The molecule has 0 unspecified atom stereocenters. The minimum Gasteiger partial charge on any atom is -0.394 e. The average molecular weight is 200 g/mol. The van der Waals surface area contributed by atoms with Gasteiger partial charge in [0.15, 0.2) is 0 Å². The van der Waals surface area contributed by atoms with Gasteiger partial charge in [0, 0.05) is 6.42 Å². The number of hydrogen-bond donors (Lipinski definition) is 3. The van der Waals surface area contributed by atoms with E-state index in [1.54, 1.807) is 0 Å². The van der Waals surface area contributed by atoms with E-state index in [4.69, 9.17) is 5.11 Å². The molecule has 1 rings (SSSR count). The van der Waals surface area contributed by atoms with Gasteiger partial charge in [-0.3, -0.25) is 4.79 Å². The molecule has 0 radical (unpaired) electrons. The van der Waals surface area contributed by atoms with Gasteiger partial charge in [-0.05, 0) is 24.9 Å². The molecule has 1 fully saturated rings. The second-order valence-corrected chi connectivity index (χ2v) is 4.33.